The molecule has 0 radical (unpaired) electrons. The van der Waals surface area contributed by atoms with Crippen LogP contribution in [-0.4, -0.2) is 19.1 Å². The first-order chi connectivity index (χ1) is 11.0. The Kier molecular flexibility index (Phi) is 5.36. The van der Waals surface area contributed by atoms with Crippen LogP contribution in [0, 0.1) is 13.8 Å². The Hall–Kier alpha value is -2.82. The summed E-state index contributed by atoms with van der Waals surface area (Å²) in [5, 5.41) is 5.50. The molecule has 5 heteroatoms. The van der Waals surface area contributed by atoms with Crippen LogP contribution in [0.3, 0.4) is 0 Å². The van der Waals surface area contributed by atoms with Crippen molar-refractivity contribution < 1.29 is 14.3 Å². The van der Waals surface area contributed by atoms with Crippen molar-refractivity contribution in [3.8, 4) is 0 Å². The molecule has 0 saturated carbocycles. The maximum absolute atomic E-state index is 12.1. The van der Waals surface area contributed by atoms with Crippen LogP contribution in [0.15, 0.2) is 42.5 Å². The molecule has 2 aromatic rings. The first kappa shape index (κ1) is 16.5. The number of carbonyl (C=O) groups is 2. The van der Waals surface area contributed by atoms with Gasteiger partial charge in [-0.3, -0.25) is 0 Å². The molecular weight excluding hydrogens is 292 g/mol. The van der Waals surface area contributed by atoms with Crippen LogP contribution in [0.4, 0.5) is 10.5 Å². The van der Waals surface area contributed by atoms with Gasteiger partial charge in [0.2, 0.25) is 0 Å². The molecule has 23 heavy (non-hydrogen) atoms. The summed E-state index contributed by atoms with van der Waals surface area (Å²) in [6, 6.07) is 12.8. The Balaban J connectivity index is 2.12. The maximum Gasteiger partial charge on any atom is 0.340 e. The van der Waals surface area contributed by atoms with Crippen LogP contribution in [0.25, 0.3) is 0 Å². The number of amides is 2. The summed E-state index contributed by atoms with van der Waals surface area (Å²) in [6.07, 6.45) is 0. The number of ether oxygens (including phenoxy) is 1. The normalized spacial score (nSPS) is 10.0. The van der Waals surface area contributed by atoms with Crippen molar-refractivity contribution in [3.63, 3.8) is 0 Å². The Morgan fingerprint density at radius 3 is 2.43 bits per heavy atom. The van der Waals surface area contributed by atoms with Crippen LogP contribution in [0.1, 0.15) is 27.0 Å². The molecule has 2 aromatic carbocycles. The van der Waals surface area contributed by atoms with Gasteiger partial charge in [0.25, 0.3) is 0 Å². The number of methoxy groups -OCH3 is 1. The minimum absolute atomic E-state index is 0.368. The van der Waals surface area contributed by atoms with Crippen molar-refractivity contribution in [2.24, 2.45) is 0 Å². The van der Waals surface area contributed by atoms with Gasteiger partial charge >= 0.3 is 12.0 Å². The molecule has 2 rings (SSSR count). The van der Waals surface area contributed by atoms with Gasteiger partial charge in [-0.2, -0.15) is 0 Å². The van der Waals surface area contributed by atoms with E-state index < -0.39 is 5.97 Å². The zero-order chi connectivity index (χ0) is 16.8. The van der Waals surface area contributed by atoms with Gasteiger partial charge in [-0.15, -0.1) is 0 Å². The quantitative estimate of drug-likeness (QED) is 0.850. The summed E-state index contributed by atoms with van der Waals surface area (Å²) in [7, 11) is 1.32. The molecule has 0 fully saturated rings. The van der Waals surface area contributed by atoms with Crippen molar-refractivity contribution in [3.05, 3.63) is 64.7 Å². The molecule has 5 nitrogen and oxygen atoms in total. The van der Waals surface area contributed by atoms with E-state index >= 15 is 0 Å². The van der Waals surface area contributed by atoms with Gasteiger partial charge in [0.05, 0.1) is 18.4 Å². The van der Waals surface area contributed by atoms with Gasteiger partial charge in [-0.25, -0.2) is 9.59 Å². The zero-order valence-electron chi connectivity index (χ0n) is 13.5. The van der Waals surface area contributed by atoms with E-state index in [0.29, 0.717) is 17.8 Å². The first-order valence-electron chi connectivity index (χ1n) is 7.29. The molecule has 0 aliphatic carbocycles. The average Bonchev–Trinajstić information content (AvgIpc) is 2.53. The molecule has 2 amide bonds. The number of benzene rings is 2. The lowest BCUT2D eigenvalue weighted by atomic mass is 10.0. The second kappa shape index (κ2) is 7.45. The number of carbonyl (C=O) groups excluding carboxylic acids is 2. The largest absolute Gasteiger partial charge is 0.465 e. The average molecular weight is 312 g/mol. The van der Waals surface area contributed by atoms with E-state index in [2.05, 4.69) is 10.6 Å². The SMILES string of the molecule is COC(=O)c1c(C)cc(C)cc1NC(=O)NCc1ccccc1. The molecular formula is C18H20N2O3. The van der Waals surface area contributed by atoms with Crippen LogP contribution in [0.5, 0.6) is 0 Å². The van der Waals surface area contributed by atoms with Gasteiger partial charge in [0, 0.05) is 6.54 Å². The van der Waals surface area contributed by atoms with Crippen LogP contribution >= 0.6 is 0 Å². The topological polar surface area (TPSA) is 67.4 Å². The fourth-order valence-electron chi connectivity index (χ4n) is 2.38. The predicted octanol–water partition coefficient (Wildman–Crippen LogP) is 3.41. The first-order valence-corrected chi connectivity index (χ1v) is 7.29. The summed E-state index contributed by atoms with van der Waals surface area (Å²) in [4.78, 5) is 24.0. The molecule has 2 N–H and O–H groups in total. The predicted molar refractivity (Wildman–Crippen MR) is 89.6 cm³/mol. The van der Waals surface area contributed by atoms with Gasteiger partial charge < -0.3 is 15.4 Å². The Bertz CT molecular complexity index is 712. The highest BCUT2D eigenvalue weighted by Gasteiger charge is 2.17. The fraction of sp³-hybridized carbons (Fsp3) is 0.222. The van der Waals surface area contributed by atoms with E-state index in [9.17, 15) is 9.59 Å². The second-order valence-corrected chi connectivity index (χ2v) is 5.29. The Labute approximate surface area is 135 Å². The van der Waals surface area contributed by atoms with Crippen LogP contribution in [0.2, 0.25) is 0 Å². The van der Waals surface area contributed by atoms with Crippen LogP contribution < -0.4 is 10.6 Å². The molecule has 0 atom stereocenters. The van der Waals surface area contributed by atoms with Crippen molar-refractivity contribution in [2.45, 2.75) is 20.4 Å². The van der Waals surface area contributed by atoms with Gasteiger partial charge in [0.15, 0.2) is 0 Å². The number of urea groups is 1. The number of nitrogens with one attached hydrogen (secondary N) is 2. The van der Waals surface area contributed by atoms with Crippen molar-refractivity contribution in [1.82, 2.24) is 5.32 Å². The van der Waals surface area contributed by atoms with E-state index in [1.54, 1.807) is 6.07 Å². The van der Waals surface area contributed by atoms with E-state index in [1.165, 1.54) is 7.11 Å². The highest BCUT2D eigenvalue weighted by atomic mass is 16.5. The smallest absolute Gasteiger partial charge is 0.340 e. The van der Waals surface area contributed by atoms with Crippen molar-refractivity contribution >= 4 is 17.7 Å². The fourth-order valence-corrected chi connectivity index (χ4v) is 2.38. The number of hydrogen-bond acceptors (Lipinski definition) is 3. The molecule has 0 spiro atoms. The number of esters is 1. The molecule has 0 aliphatic rings. The van der Waals surface area contributed by atoms with Crippen LogP contribution in [-0.2, 0) is 11.3 Å². The standard InChI is InChI=1S/C18H20N2O3/c1-12-9-13(2)16(17(21)23-3)15(10-12)20-18(22)19-11-14-7-5-4-6-8-14/h4-10H,11H2,1-3H3,(H2,19,20,22). The summed E-state index contributed by atoms with van der Waals surface area (Å²) >= 11 is 0. The van der Waals surface area contributed by atoms with Gasteiger partial charge in [-0.05, 0) is 36.6 Å². The van der Waals surface area contributed by atoms with E-state index in [4.69, 9.17) is 4.74 Å². The Morgan fingerprint density at radius 1 is 1.09 bits per heavy atom. The van der Waals surface area contributed by atoms with E-state index in [0.717, 1.165) is 16.7 Å². The summed E-state index contributed by atoms with van der Waals surface area (Å²) < 4.78 is 4.80. The third kappa shape index (κ3) is 4.32. The number of anilines is 1. The minimum Gasteiger partial charge on any atom is -0.465 e. The molecule has 0 bridgehead atoms. The maximum atomic E-state index is 12.1. The third-order valence-electron chi connectivity index (χ3n) is 3.41. The monoisotopic (exact) mass is 312 g/mol. The molecule has 0 heterocycles. The van der Waals surface area contributed by atoms with Gasteiger partial charge in [-0.1, -0.05) is 36.4 Å². The van der Waals surface area contributed by atoms with Crippen molar-refractivity contribution in [2.75, 3.05) is 12.4 Å². The van der Waals surface area contributed by atoms with Gasteiger partial charge in [0.1, 0.15) is 0 Å². The lowest BCUT2D eigenvalue weighted by Gasteiger charge is -2.14. The second-order valence-electron chi connectivity index (χ2n) is 5.29. The number of hydrogen-bond donors (Lipinski definition) is 2. The Morgan fingerprint density at radius 2 is 1.78 bits per heavy atom. The van der Waals surface area contributed by atoms with E-state index in [1.807, 2.05) is 50.2 Å². The molecule has 0 aliphatic heterocycles. The summed E-state index contributed by atoms with van der Waals surface area (Å²) in [6.45, 7) is 4.12. The zero-order valence-corrected chi connectivity index (χ0v) is 13.5. The lowest BCUT2D eigenvalue weighted by Crippen LogP contribution is -2.29. The van der Waals surface area contributed by atoms with Crippen molar-refractivity contribution in [1.29, 1.82) is 0 Å². The van der Waals surface area contributed by atoms with E-state index in [-0.39, 0.29) is 6.03 Å². The molecule has 0 saturated heterocycles. The lowest BCUT2D eigenvalue weighted by molar-refractivity contribution is 0.0601. The highest BCUT2D eigenvalue weighted by molar-refractivity contribution is 6.02. The molecule has 0 unspecified atom stereocenters. The minimum atomic E-state index is -0.471. The number of rotatable bonds is 4. The molecule has 0 aromatic heterocycles. The number of aryl methyl sites for hydroxylation is 2. The highest BCUT2D eigenvalue weighted by Crippen LogP contribution is 2.23. The third-order valence-corrected chi connectivity index (χ3v) is 3.41. The molecule has 120 valence electrons. The summed E-state index contributed by atoms with van der Waals surface area (Å²) in [5.74, 6) is -0.471. The summed E-state index contributed by atoms with van der Waals surface area (Å²) in [5.41, 5.74) is 3.52.